The van der Waals surface area contributed by atoms with Gasteiger partial charge in [-0.2, -0.15) is 0 Å². The van der Waals surface area contributed by atoms with Crippen molar-refractivity contribution in [3.8, 4) is 5.75 Å². The highest BCUT2D eigenvalue weighted by Gasteiger charge is 2.21. The van der Waals surface area contributed by atoms with Crippen molar-refractivity contribution in [1.82, 2.24) is 5.32 Å². The smallest absolute Gasteiger partial charge is 0.121 e. The lowest BCUT2D eigenvalue weighted by Gasteiger charge is -2.25. The van der Waals surface area contributed by atoms with Crippen molar-refractivity contribution in [2.24, 2.45) is 0 Å². The number of hydrogen-bond acceptors (Lipinski definition) is 2. The van der Waals surface area contributed by atoms with Crippen molar-refractivity contribution in [1.29, 1.82) is 0 Å². The third-order valence-electron chi connectivity index (χ3n) is 3.01. The molecular weight excluding hydrogens is 210 g/mol. The first-order valence-electron chi connectivity index (χ1n) is 5.41. The molecule has 2 nitrogen and oxygen atoms in total. The molecule has 2 rings (SSSR count). The zero-order valence-electron chi connectivity index (χ0n) is 8.89. The highest BCUT2D eigenvalue weighted by molar-refractivity contribution is 6.32. The highest BCUT2D eigenvalue weighted by Crippen LogP contribution is 2.37. The molecule has 1 aliphatic heterocycles. The fourth-order valence-corrected chi connectivity index (χ4v) is 2.41. The molecule has 3 heteroatoms. The number of hydrogen-bond donors (Lipinski definition) is 2. The Morgan fingerprint density at radius 3 is 2.87 bits per heavy atom. The molecule has 15 heavy (non-hydrogen) atoms. The number of phenols is 1. The Kier molecular flexibility index (Phi) is 3.17. The second kappa shape index (κ2) is 4.42. The quantitative estimate of drug-likeness (QED) is 0.770. The Morgan fingerprint density at radius 1 is 1.40 bits per heavy atom. The molecule has 1 aromatic carbocycles. The average Bonchev–Trinajstić information content (AvgIpc) is 2.26. The van der Waals surface area contributed by atoms with Gasteiger partial charge in [0.25, 0.3) is 0 Å². The normalized spacial score (nSPS) is 21.6. The number of phenolic OH excluding ortho intramolecular Hbond substituents is 1. The molecule has 1 saturated heterocycles. The molecule has 0 aromatic heterocycles. The monoisotopic (exact) mass is 225 g/mol. The number of halogens is 1. The lowest BCUT2D eigenvalue weighted by atomic mass is 9.95. The van der Waals surface area contributed by atoms with Crippen LogP contribution < -0.4 is 5.32 Å². The Labute approximate surface area is 95.3 Å². The predicted octanol–water partition coefficient (Wildman–Crippen LogP) is 3.17. The van der Waals surface area contributed by atoms with Gasteiger partial charge in [-0.15, -0.1) is 0 Å². The van der Waals surface area contributed by atoms with Gasteiger partial charge in [0.15, 0.2) is 0 Å². The summed E-state index contributed by atoms with van der Waals surface area (Å²) in [5.41, 5.74) is 1.90. The van der Waals surface area contributed by atoms with Crippen LogP contribution >= 0.6 is 11.6 Å². The molecule has 2 N–H and O–H groups in total. The van der Waals surface area contributed by atoms with Crippen LogP contribution in [-0.4, -0.2) is 11.7 Å². The summed E-state index contributed by atoms with van der Waals surface area (Å²) in [4.78, 5) is 0. The first-order chi connectivity index (χ1) is 7.20. The zero-order valence-corrected chi connectivity index (χ0v) is 9.64. The Balaban J connectivity index is 2.36. The van der Waals surface area contributed by atoms with E-state index in [-0.39, 0.29) is 6.04 Å². The van der Waals surface area contributed by atoms with E-state index in [1.807, 2.05) is 13.0 Å². The van der Waals surface area contributed by atoms with Crippen molar-refractivity contribution in [2.45, 2.75) is 32.2 Å². The van der Waals surface area contributed by atoms with Crippen molar-refractivity contribution in [3.63, 3.8) is 0 Å². The fraction of sp³-hybridized carbons (Fsp3) is 0.500. The Morgan fingerprint density at radius 2 is 2.20 bits per heavy atom. The number of nitrogens with one attached hydrogen (secondary N) is 1. The summed E-state index contributed by atoms with van der Waals surface area (Å²) in [7, 11) is 0. The lowest BCUT2D eigenvalue weighted by Crippen LogP contribution is -2.27. The molecule has 0 amide bonds. The number of piperidine rings is 1. The molecule has 1 heterocycles. The SMILES string of the molecule is Cc1ccc(O)c(C2CCCCN2)c1Cl. The first kappa shape index (κ1) is 10.8. The van der Waals surface area contributed by atoms with Crippen molar-refractivity contribution in [2.75, 3.05) is 6.54 Å². The molecular formula is C12H16ClNO. The lowest BCUT2D eigenvalue weighted by molar-refractivity contribution is 0.391. The molecule has 1 aromatic rings. The molecule has 82 valence electrons. The largest absolute Gasteiger partial charge is 0.508 e. The van der Waals surface area contributed by atoms with Gasteiger partial charge in [0.2, 0.25) is 0 Å². The van der Waals surface area contributed by atoms with Gasteiger partial charge in [-0.25, -0.2) is 0 Å². The average molecular weight is 226 g/mol. The van der Waals surface area contributed by atoms with Crippen LogP contribution in [0.4, 0.5) is 0 Å². The van der Waals surface area contributed by atoms with Crippen LogP contribution in [0.25, 0.3) is 0 Å². The van der Waals surface area contributed by atoms with E-state index >= 15 is 0 Å². The van der Waals surface area contributed by atoms with Crippen LogP contribution in [0.1, 0.15) is 36.4 Å². The van der Waals surface area contributed by atoms with Crippen LogP contribution in [0, 0.1) is 6.92 Å². The Hall–Kier alpha value is -0.730. The van der Waals surface area contributed by atoms with E-state index in [2.05, 4.69) is 5.32 Å². The van der Waals surface area contributed by atoms with E-state index in [4.69, 9.17) is 11.6 Å². The number of aromatic hydroxyl groups is 1. The van der Waals surface area contributed by atoms with Gasteiger partial charge in [-0.3, -0.25) is 0 Å². The van der Waals surface area contributed by atoms with Gasteiger partial charge in [0.1, 0.15) is 5.75 Å². The van der Waals surface area contributed by atoms with Crippen molar-refractivity contribution >= 4 is 11.6 Å². The van der Waals surface area contributed by atoms with E-state index in [1.54, 1.807) is 6.07 Å². The van der Waals surface area contributed by atoms with Crippen LogP contribution in [0.2, 0.25) is 5.02 Å². The zero-order chi connectivity index (χ0) is 10.8. The van der Waals surface area contributed by atoms with Gasteiger partial charge in [0.05, 0.1) is 5.02 Å². The second-order valence-corrected chi connectivity index (χ2v) is 4.51. The summed E-state index contributed by atoms with van der Waals surface area (Å²) in [6.07, 6.45) is 3.46. The van der Waals surface area contributed by atoms with E-state index in [1.165, 1.54) is 12.8 Å². The molecule has 0 bridgehead atoms. The van der Waals surface area contributed by atoms with Crippen LogP contribution in [-0.2, 0) is 0 Å². The third-order valence-corrected chi connectivity index (χ3v) is 3.51. The summed E-state index contributed by atoms with van der Waals surface area (Å²) in [6, 6.07) is 3.79. The molecule has 1 aliphatic rings. The maximum atomic E-state index is 9.84. The van der Waals surface area contributed by atoms with Crippen molar-refractivity contribution in [3.05, 3.63) is 28.3 Å². The summed E-state index contributed by atoms with van der Waals surface area (Å²) in [6.45, 7) is 2.97. The molecule has 1 atom stereocenters. The third kappa shape index (κ3) is 2.11. The topological polar surface area (TPSA) is 32.3 Å². The maximum absolute atomic E-state index is 9.84. The highest BCUT2D eigenvalue weighted by atomic mass is 35.5. The summed E-state index contributed by atoms with van der Waals surface area (Å²) < 4.78 is 0. The first-order valence-corrected chi connectivity index (χ1v) is 5.79. The molecule has 0 saturated carbocycles. The van der Waals surface area contributed by atoms with Gasteiger partial charge in [-0.1, -0.05) is 24.1 Å². The minimum Gasteiger partial charge on any atom is -0.508 e. The number of rotatable bonds is 1. The van der Waals surface area contributed by atoms with Gasteiger partial charge >= 0.3 is 0 Å². The summed E-state index contributed by atoms with van der Waals surface area (Å²) in [5.74, 6) is 0.310. The van der Waals surface area contributed by atoms with Gasteiger partial charge < -0.3 is 10.4 Å². The van der Waals surface area contributed by atoms with Gasteiger partial charge in [-0.05, 0) is 37.9 Å². The minimum atomic E-state index is 0.214. The minimum absolute atomic E-state index is 0.214. The van der Waals surface area contributed by atoms with Crippen molar-refractivity contribution < 1.29 is 5.11 Å². The predicted molar refractivity (Wildman–Crippen MR) is 62.4 cm³/mol. The molecule has 0 radical (unpaired) electrons. The summed E-state index contributed by atoms with van der Waals surface area (Å²) >= 11 is 6.23. The van der Waals surface area contributed by atoms with Crippen LogP contribution in [0.5, 0.6) is 5.75 Å². The summed E-state index contributed by atoms with van der Waals surface area (Å²) in [5, 5.41) is 13.9. The van der Waals surface area contributed by atoms with E-state index < -0.39 is 0 Å². The van der Waals surface area contributed by atoms with E-state index in [0.29, 0.717) is 10.8 Å². The van der Waals surface area contributed by atoms with E-state index in [9.17, 15) is 5.11 Å². The maximum Gasteiger partial charge on any atom is 0.121 e. The number of benzene rings is 1. The second-order valence-electron chi connectivity index (χ2n) is 4.13. The van der Waals surface area contributed by atoms with Crippen LogP contribution in [0.15, 0.2) is 12.1 Å². The van der Waals surface area contributed by atoms with Gasteiger partial charge in [0, 0.05) is 11.6 Å². The number of aryl methyl sites for hydroxylation is 1. The molecule has 0 aliphatic carbocycles. The Bertz CT molecular complexity index is 359. The molecule has 0 spiro atoms. The molecule has 1 unspecified atom stereocenters. The fourth-order valence-electron chi connectivity index (χ4n) is 2.12. The molecule has 1 fully saturated rings. The van der Waals surface area contributed by atoms with E-state index in [0.717, 1.165) is 24.1 Å². The van der Waals surface area contributed by atoms with Crippen LogP contribution in [0.3, 0.4) is 0 Å². The standard InChI is InChI=1S/C12H16ClNO/c1-8-5-6-10(15)11(12(8)13)9-4-2-3-7-14-9/h5-6,9,14-15H,2-4,7H2,1H3.